The highest BCUT2D eigenvalue weighted by Gasteiger charge is 2.19. The average Bonchev–Trinajstić information content (AvgIpc) is 2.66. The number of guanidine groups is 1. The third-order valence-corrected chi connectivity index (χ3v) is 5.75. The zero-order valence-corrected chi connectivity index (χ0v) is 16.9. The van der Waals surface area contributed by atoms with Crippen LogP contribution < -0.4 is 15.4 Å². The van der Waals surface area contributed by atoms with Gasteiger partial charge in [0.2, 0.25) is 10.0 Å². The molecule has 0 spiro atoms. The Morgan fingerprint density at radius 3 is 2.70 bits per heavy atom. The molecule has 1 aromatic rings. The van der Waals surface area contributed by atoms with E-state index in [9.17, 15) is 8.42 Å². The van der Waals surface area contributed by atoms with E-state index in [2.05, 4.69) is 43.7 Å². The maximum atomic E-state index is 12.1. The molecule has 0 bridgehead atoms. The van der Waals surface area contributed by atoms with Crippen LogP contribution in [0.25, 0.3) is 0 Å². The molecule has 0 atom stereocenters. The second-order valence-electron chi connectivity index (χ2n) is 6.74. The Hall–Kier alpha value is -1.97. The molecule has 150 valence electrons. The zero-order chi connectivity index (χ0) is 19.7. The second-order valence-corrected chi connectivity index (χ2v) is 8.50. The summed E-state index contributed by atoms with van der Waals surface area (Å²) in [6.07, 6.45) is 4.96. The number of rotatable bonds is 8. The van der Waals surface area contributed by atoms with Crippen molar-refractivity contribution < 1.29 is 8.42 Å². The predicted molar refractivity (Wildman–Crippen MR) is 108 cm³/mol. The molecule has 27 heavy (non-hydrogen) atoms. The van der Waals surface area contributed by atoms with Crippen LogP contribution in [0, 0.1) is 0 Å². The monoisotopic (exact) mass is 394 g/mol. The molecule has 8 nitrogen and oxygen atoms in total. The van der Waals surface area contributed by atoms with E-state index in [0.29, 0.717) is 18.5 Å². The number of hydrogen-bond acceptors (Lipinski definition) is 5. The van der Waals surface area contributed by atoms with Crippen molar-refractivity contribution in [2.45, 2.75) is 30.7 Å². The first-order chi connectivity index (χ1) is 12.9. The molecule has 0 unspecified atom stereocenters. The molecule has 0 aromatic carbocycles. The van der Waals surface area contributed by atoms with Gasteiger partial charge in [-0.05, 0) is 31.9 Å². The van der Waals surface area contributed by atoms with Crippen molar-refractivity contribution in [3.63, 3.8) is 0 Å². The molecule has 1 fully saturated rings. The van der Waals surface area contributed by atoms with Crippen LogP contribution in [0.4, 0.5) is 0 Å². The van der Waals surface area contributed by atoms with Crippen LogP contribution in [-0.2, 0) is 10.0 Å². The summed E-state index contributed by atoms with van der Waals surface area (Å²) in [6, 6.07) is 3.48. The smallest absolute Gasteiger partial charge is 0.242 e. The number of piperidine rings is 1. The van der Waals surface area contributed by atoms with E-state index < -0.39 is 10.0 Å². The number of aliphatic imine (C=N–C) groups is 1. The summed E-state index contributed by atoms with van der Waals surface area (Å²) >= 11 is 0. The van der Waals surface area contributed by atoms with Crippen LogP contribution in [0.15, 0.2) is 46.6 Å². The van der Waals surface area contributed by atoms with Gasteiger partial charge in [-0.3, -0.25) is 14.9 Å². The average molecular weight is 395 g/mol. The van der Waals surface area contributed by atoms with E-state index in [0.717, 1.165) is 32.5 Å². The Labute approximate surface area is 162 Å². The molecule has 9 heteroatoms. The quantitative estimate of drug-likeness (QED) is 0.258. The van der Waals surface area contributed by atoms with E-state index >= 15 is 0 Å². The van der Waals surface area contributed by atoms with E-state index in [4.69, 9.17) is 0 Å². The van der Waals surface area contributed by atoms with Crippen LogP contribution >= 0.6 is 0 Å². The van der Waals surface area contributed by atoms with Crippen LogP contribution in [0.2, 0.25) is 0 Å². The van der Waals surface area contributed by atoms with Gasteiger partial charge in [0.1, 0.15) is 4.90 Å². The molecule has 0 radical (unpaired) electrons. The normalized spacial score (nSPS) is 16.9. The Morgan fingerprint density at radius 2 is 2.11 bits per heavy atom. The maximum absolute atomic E-state index is 12.1. The van der Waals surface area contributed by atoms with Gasteiger partial charge in [0.25, 0.3) is 0 Å². The van der Waals surface area contributed by atoms with Gasteiger partial charge in [-0.2, -0.15) is 0 Å². The molecule has 2 rings (SSSR count). The number of aromatic nitrogens is 1. The van der Waals surface area contributed by atoms with E-state index in [1.807, 2.05) is 0 Å². The Kier molecular flexibility index (Phi) is 8.21. The van der Waals surface area contributed by atoms with Gasteiger partial charge < -0.3 is 10.6 Å². The van der Waals surface area contributed by atoms with Gasteiger partial charge in [0, 0.05) is 58.2 Å². The van der Waals surface area contributed by atoms with E-state index in [1.54, 1.807) is 19.3 Å². The molecule has 0 amide bonds. The number of hydrogen-bond donors (Lipinski definition) is 3. The third-order valence-electron chi connectivity index (χ3n) is 4.30. The van der Waals surface area contributed by atoms with Crippen molar-refractivity contribution in [2.24, 2.45) is 4.99 Å². The molecule has 1 saturated heterocycles. The highest BCUT2D eigenvalue weighted by Crippen LogP contribution is 2.11. The SMILES string of the molecule is C=C(C)CN1CCC(NC(=NC)NCCNS(=O)(=O)c2cccnc2)CC1. The Morgan fingerprint density at radius 1 is 1.37 bits per heavy atom. The highest BCUT2D eigenvalue weighted by molar-refractivity contribution is 7.89. The lowest BCUT2D eigenvalue weighted by atomic mass is 10.0. The fourth-order valence-electron chi connectivity index (χ4n) is 2.96. The molecule has 1 aliphatic rings. The largest absolute Gasteiger partial charge is 0.355 e. The summed E-state index contributed by atoms with van der Waals surface area (Å²) in [5.41, 5.74) is 1.19. The minimum Gasteiger partial charge on any atom is -0.355 e. The number of sulfonamides is 1. The first-order valence-corrected chi connectivity index (χ1v) is 10.6. The van der Waals surface area contributed by atoms with Gasteiger partial charge >= 0.3 is 0 Å². The van der Waals surface area contributed by atoms with Crippen molar-refractivity contribution in [1.82, 2.24) is 25.2 Å². The highest BCUT2D eigenvalue weighted by atomic mass is 32.2. The van der Waals surface area contributed by atoms with Gasteiger partial charge in [-0.15, -0.1) is 0 Å². The number of pyridine rings is 1. The fourth-order valence-corrected chi connectivity index (χ4v) is 3.96. The lowest BCUT2D eigenvalue weighted by Gasteiger charge is -2.33. The molecule has 0 saturated carbocycles. The summed E-state index contributed by atoms with van der Waals surface area (Å²) in [4.78, 5) is 10.6. The fraction of sp³-hybridized carbons (Fsp3) is 0.556. The summed E-state index contributed by atoms with van der Waals surface area (Å²) < 4.78 is 26.8. The zero-order valence-electron chi connectivity index (χ0n) is 16.1. The third kappa shape index (κ3) is 7.28. The van der Waals surface area contributed by atoms with Gasteiger partial charge in [-0.1, -0.05) is 12.2 Å². The summed E-state index contributed by atoms with van der Waals surface area (Å²) in [5.74, 6) is 0.689. The van der Waals surface area contributed by atoms with E-state index in [1.165, 1.54) is 17.8 Å². The molecule has 1 aromatic heterocycles. The van der Waals surface area contributed by atoms with Gasteiger partial charge in [0.15, 0.2) is 5.96 Å². The molecule has 1 aliphatic heterocycles. The topological polar surface area (TPSA) is 98.7 Å². The lowest BCUT2D eigenvalue weighted by molar-refractivity contribution is 0.221. The van der Waals surface area contributed by atoms with Crippen molar-refractivity contribution in [2.75, 3.05) is 39.8 Å². The van der Waals surface area contributed by atoms with Crippen LogP contribution in [0.3, 0.4) is 0 Å². The number of nitrogens with zero attached hydrogens (tertiary/aromatic N) is 3. The number of likely N-dealkylation sites (tertiary alicyclic amines) is 1. The van der Waals surface area contributed by atoms with Crippen molar-refractivity contribution in [3.8, 4) is 0 Å². The second kappa shape index (κ2) is 10.4. The first kappa shape index (κ1) is 21.3. The lowest BCUT2D eigenvalue weighted by Crippen LogP contribution is -2.49. The molecule has 2 heterocycles. The van der Waals surface area contributed by atoms with Crippen LogP contribution in [0.5, 0.6) is 0 Å². The van der Waals surface area contributed by atoms with Crippen molar-refractivity contribution in [1.29, 1.82) is 0 Å². The van der Waals surface area contributed by atoms with Crippen LogP contribution in [-0.4, -0.2) is 70.1 Å². The Balaban J connectivity index is 1.70. The minimum atomic E-state index is -3.53. The van der Waals surface area contributed by atoms with Gasteiger partial charge in [-0.25, -0.2) is 13.1 Å². The summed E-state index contributed by atoms with van der Waals surface area (Å²) in [7, 11) is -1.82. The van der Waals surface area contributed by atoms with Crippen molar-refractivity contribution >= 4 is 16.0 Å². The van der Waals surface area contributed by atoms with E-state index in [-0.39, 0.29) is 11.4 Å². The number of nitrogens with one attached hydrogen (secondary N) is 3. The minimum absolute atomic E-state index is 0.161. The van der Waals surface area contributed by atoms with Crippen molar-refractivity contribution in [3.05, 3.63) is 36.7 Å². The first-order valence-electron chi connectivity index (χ1n) is 9.14. The van der Waals surface area contributed by atoms with Crippen LogP contribution in [0.1, 0.15) is 19.8 Å². The van der Waals surface area contributed by atoms with Gasteiger partial charge in [0.05, 0.1) is 0 Å². The molecule has 0 aliphatic carbocycles. The standard InChI is InChI=1S/C18H30N6O2S/c1-15(2)14-24-11-6-16(7-12-24)23-18(19-3)21-9-10-22-27(25,26)17-5-4-8-20-13-17/h4-5,8,13,16,22H,1,6-7,9-12,14H2,2-3H3,(H2,19,21,23). The summed E-state index contributed by atoms with van der Waals surface area (Å²) in [5, 5.41) is 6.56. The maximum Gasteiger partial charge on any atom is 0.242 e. The predicted octanol–water partition coefficient (Wildman–Crippen LogP) is 0.565. The molecular formula is C18H30N6O2S. The molecule has 3 N–H and O–H groups in total. The molecular weight excluding hydrogens is 364 g/mol. The Bertz CT molecular complexity index is 727. The summed E-state index contributed by atoms with van der Waals surface area (Å²) in [6.45, 7) is 9.74.